The summed E-state index contributed by atoms with van der Waals surface area (Å²) in [7, 11) is 1.60. The van der Waals surface area contributed by atoms with E-state index in [0.717, 1.165) is 28.2 Å². The first-order valence-corrected chi connectivity index (χ1v) is 11.7. The lowest BCUT2D eigenvalue weighted by atomic mass is 10.1. The molecule has 0 saturated carbocycles. The highest BCUT2D eigenvalue weighted by Gasteiger charge is 2.35. The minimum absolute atomic E-state index is 0.0229. The van der Waals surface area contributed by atoms with Crippen LogP contribution in [-0.4, -0.2) is 35.7 Å². The van der Waals surface area contributed by atoms with Gasteiger partial charge < -0.3 is 18.9 Å². The van der Waals surface area contributed by atoms with Crippen LogP contribution in [0.1, 0.15) is 23.7 Å². The number of carbonyl (C=O) groups is 1. The number of methoxy groups -OCH3 is 1. The van der Waals surface area contributed by atoms with Crippen LogP contribution in [0, 0.1) is 6.92 Å². The van der Waals surface area contributed by atoms with Gasteiger partial charge in [-0.3, -0.25) is 4.79 Å². The monoisotopic (exact) mass is 475 g/mol. The molecule has 0 aliphatic carbocycles. The van der Waals surface area contributed by atoms with Crippen LogP contribution in [0.3, 0.4) is 0 Å². The Morgan fingerprint density at radius 3 is 2.74 bits per heavy atom. The molecule has 174 valence electrons. The van der Waals surface area contributed by atoms with Crippen LogP contribution in [0.4, 0.5) is 5.69 Å². The van der Waals surface area contributed by atoms with Crippen LogP contribution < -0.4 is 14.4 Å². The number of benzene rings is 3. The number of fused-ring (bicyclic) bond motifs is 1. The molecule has 1 atom stereocenters. The Balaban J connectivity index is 1.42. The van der Waals surface area contributed by atoms with Crippen molar-refractivity contribution in [2.75, 3.05) is 25.2 Å². The molecule has 5 rings (SSSR count). The Labute approximate surface area is 203 Å². The van der Waals surface area contributed by atoms with Crippen molar-refractivity contribution in [1.29, 1.82) is 0 Å². The normalized spacial score (nSPS) is 15.8. The highest BCUT2D eigenvalue weighted by molar-refractivity contribution is 6.34. The van der Waals surface area contributed by atoms with E-state index in [0.29, 0.717) is 42.6 Å². The second kappa shape index (κ2) is 9.39. The number of imidazole rings is 1. The van der Waals surface area contributed by atoms with Crippen molar-refractivity contribution in [2.24, 2.45) is 0 Å². The number of nitrogens with zero attached hydrogens (tertiary/aromatic N) is 3. The summed E-state index contributed by atoms with van der Waals surface area (Å²) in [6, 6.07) is 21.4. The first kappa shape index (κ1) is 22.3. The van der Waals surface area contributed by atoms with E-state index in [1.807, 2.05) is 49.4 Å². The number of hydrogen-bond acceptors (Lipinski definition) is 4. The molecule has 1 amide bonds. The lowest BCUT2D eigenvalue weighted by Crippen LogP contribution is -2.25. The quantitative estimate of drug-likeness (QED) is 0.349. The zero-order chi connectivity index (χ0) is 23.7. The Kier molecular flexibility index (Phi) is 6.16. The Morgan fingerprint density at radius 1 is 1.06 bits per heavy atom. The van der Waals surface area contributed by atoms with E-state index in [1.54, 1.807) is 30.2 Å². The van der Waals surface area contributed by atoms with Gasteiger partial charge in [-0.15, -0.1) is 0 Å². The minimum Gasteiger partial charge on any atom is -0.497 e. The van der Waals surface area contributed by atoms with Gasteiger partial charge in [0.1, 0.15) is 23.9 Å². The van der Waals surface area contributed by atoms with E-state index in [4.69, 9.17) is 26.1 Å². The van der Waals surface area contributed by atoms with E-state index in [2.05, 4.69) is 10.6 Å². The molecule has 34 heavy (non-hydrogen) atoms. The van der Waals surface area contributed by atoms with Gasteiger partial charge in [-0.05, 0) is 48.9 Å². The Morgan fingerprint density at radius 2 is 1.91 bits per heavy atom. The number of amides is 1. The van der Waals surface area contributed by atoms with Gasteiger partial charge in [0.2, 0.25) is 5.91 Å². The number of para-hydroxylation sites is 2. The molecule has 1 aromatic heterocycles. The SMILES string of the molecule is COc1ccc(Cl)c(N2CC(c3nc4ccccc4n3CCOc3cccc(C)c3)CC2=O)c1. The molecular weight excluding hydrogens is 450 g/mol. The highest BCUT2D eigenvalue weighted by Crippen LogP contribution is 2.37. The van der Waals surface area contributed by atoms with Gasteiger partial charge in [-0.1, -0.05) is 35.9 Å². The van der Waals surface area contributed by atoms with Crippen molar-refractivity contribution in [2.45, 2.75) is 25.8 Å². The number of halogens is 1. The molecule has 0 N–H and O–H groups in total. The van der Waals surface area contributed by atoms with Crippen molar-refractivity contribution in [3.8, 4) is 11.5 Å². The summed E-state index contributed by atoms with van der Waals surface area (Å²) >= 11 is 6.44. The van der Waals surface area contributed by atoms with Crippen molar-refractivity contribution in [3.63, 3.8) is 0 Å². The van der Waals surface area contributed by atoms with Gasteiger partial charge in [0.05, 0.1) is 35.4 Å². The average molecular weight is 476 g/mol. The molecule has 4 aromatic rings. The third-order valence-corrected chi connectivity index (χ3v) is 6.51. The predicted octanol–water partition coefficient (Wildman–Crippen LogP) is 5.61. The fourth-order valence-electron chi connectivity index (χ4n) is 4.54. The van der Waals surface area contributed by atoms with E-state index in [1.165, 1.54) is 0 Å². The van der Waals surface area contributed by atoms with E-state index < -0.39 is 0 Å². The number of anilines is 1. The summed E-state index contributed by atoms with van der Waals surface area (Å²) in [5.74, 6) is 2.37. The number of aromatic nitrogens is 2. The largest absolute Gasteiger partial charge is 0.497 e. The highest BCUT2D eigenvalue weighted by atomic mass is 35.5. The van der Waals surface area contributed by atoms with E-state index in [9.17, 15) is 4.79 Å². The molecule has 1 fully saturated rings. The lowest BCUT2D eigenvalue weighted by molar-refractivity contribution is -0.117. The standard InChI is InChI=1S/C27H26ClN3O3/c1-18-6-5-7-21(14-18)34-13-12-30-24-9-4-3-8-23(24)29-27(30)19-15-26(32)31(17-19)25-16-20(33-2)10-11-22(25)28/h3-11,14,16,19H,12-13,15,17H2,1-2H3. The number of rotatable bonds is 7. The van der Waals surface area contributed by atoms with Crippen LogP contribution in [-0.2, 0) is 11.3 Å². The van der Waals surface area contributed by atoms with Crippen LogP contribution in [0.5, 0.6) is 11.5 Å². The molecule has 3 aromatic carbocycles. The Hall–Kier alpha value is -3.51. The second-order valence-electron chi connectivity index (χ2n) is 8.50. The summed E-state index contributed by atoms with van der Waals surface area (Å²) in [4.78, 5) is 19.7. The maximum Gasteiger partial charge on any atom is 0.227 e. The Bertz CT molecular complexity index is 1350. The molecule has 2 heterocycles. The average Bonchev–Trinajstić information content (AvgIpc) is 3.40. The number of aryl methyl sites for hydroxylation is 1. The lowest BCUT2D eigenvalue weighted by Gasteiger charge is -2.19. The molecular formula is C27H26ClN3O3. The van der Waals surface area contributed by atoms with Gasteiger partial charge >= 0.3 is 0 Å². The first-order chi connectivity index (χ1) is 16.5. The topological polar surface area (TPSA) is 56.6 Å². The molecule has 1 unspecified atom stereocenters. The van der Waals surface area contributed by atoms with Crippen molar-refractivity contribution < 1.29 is 14.3 Å². The molecule has 7 heteroatoms. The third-order valence-electron chi connectivity index (χ3n) is 6.19. The van der Waals surface area contributed by atoms with Crippen LogP contribution in [0.25, 0.3) is 11.0 Å². The van der Waals surface area contributed by atoms with E-state index >= 15 is 0 Å². The summed E-state index contributed by atoms with van der Waals surface area (Å²) in [6.45, 7) is 3.69. The number of hydrogen-bond donors (Lipinski definition) is 0. The van der Waals surface area contributed by atoms with Crippen LogP contribution >= 0.6 is 11.6 Å². The summed E-state index contributed by atoms with van der Waals surface area (Å²) in [5, 5.41) is 0.523. The smallest absolute Gasteiger partial charge is 0.227 e. The third kappa shape index (κ3) is 4.33. The number of carbonyl (C=O) groups excluding carboxylic acids is 1. The summed E-state index contributed by atoms with van der Waals surface area (Å²) in [6.07, 6.45) is 0.371. The number of ether oxygens (including phenoxy) is 2. The molecule has 0 radical (unpaired) electrons. The predicted molar refractivity (Wildman–Crippen MR) is 134 cm³/mol. The second-order valence-corrected chi connectivity index (χ2v) is 8.91. The van der Waals surface area contributed by atoms with Gasteiger partial charge in [-0.25, -0.2) is 4.98 Å². The van der Waals surface area contributed by atoms with Crippen LogP contribution in [0.15, 0.2) is 66.7 Å². The minimum atomic E-state index is -0.0545. The zero-order valence-electron chi connectivity index (χ0n) is 19.2. The van der Waals surface area contributed by atoms with Gasteiger partial charge in [0, 0.05) is 24.9 Å². The van der Waals surface area contributed by atoms with Crippen LogP contribution in [0.2, 0.25) is 5.02 Å². The summed E-state index contributed by atoms with van der Waals surface area (Å²) in [5.41, 5.74) is 3.78. The van der Waals surface area contributed by atoms with Crippen molar-refractivity contribution in [1.82, 2.24) is 9.55 Å². The molecule has 6 nitrogen and oxygen atoms in total. The van der Waals surface area contributed by atoms with Crippen molar-refractivity contribution in [3.05, 3.63) is 83.1 Å². The molecule has 1 saturated heterocycles. The maximum absolute atomic E-state index is 13.0. The van der Waals surface area contributed by atoms with Gasteiger partial charge in [-0.2, -0.15) is 0 Å². The first-order valence-electron chi connectivity index (χ1n) is 11.3. The molecule has 1 aliphatic rings. The fraction of sp³-hybridized carbons (Fsp3) is 0.259. The van der Waals surface area contributed by atoms with Gasteiger partial charge in [0.15, 0.2) is 0 Å². The fourth-order valence-corrected chi connectivity index (χ4v) is 4.76. The summed E-state index contributed by atoms with van der Waals surface area (Å²) < 4.78 is 13.5. The maximum atomic E-state index is 13.0. The van der Waals surface area contributed by atoms with E-state index in [-0.39, 0.29) is 11.8 Å². The molecule has 0 spiro atoms. The van der Waals surface area contributed by atoms with Crippen molar-refractivity contribution >= 4 is 34.2 Å². The van der Waals surface area contributed by atoms with Gasteiger partial charge in [0.25, 0.3) is 0 Å². The molecule has 0 bridgehead atoms. The molecule has 1 aliphatic heterocycles. The zero-order valence-corrected chi connectivity index (χ0v) is 20.0.